The second-order valence-electron chi connectivity index (χ2n) is 8.12. The van der Waals surface area contributed by atoms with E-state index in [9.17, 15) is 9.59 Å². The van der Waals surface area contributed by atoms with E-state index in [1.165, 1.54) is 11.3 Å². The molecular formula is C20H26ClN3O3S. The lowest BCUT2D eigenvalue weighted by Crippen LogP contribution is -2.62. The number of nitrogens with zero attached hydrogens (tertiary/aromatic N) is 2. The largest absolute Gasteiger partial charge is 0.355 e. The second-order valence-corrected chi connectivity index (χ2v) is 9.83. The molecule has 3 heterocycles. The third-order valence-electron chi connectivity index (χ3n) is 4.70. The van der Waals surface area contributed by atoms with Gasteiger partial charge < -0.3 is 14.7 Å². The Morgan fingerprint density at radius 2 is 2.04 bits per heavy atom. The van der Waals surface area contributed by atoms with Crippen LogP contribution in [0.25, 0.3) is 10.6 Å². The fourth-order valence-corrected chi connectivity index (χ4v) is 4.53. The average molecular weight is 424 g/mol. The van der Waals surface area contributed by atoms with Gasteiger partial charge in [0.25, 0.3) is 5.91 Å². The minimum Gasteiger partial charge on any atom is -0.355 e. The zero-order chi connectivity index (χ0) is 20.4. The van der Waals surface area contributed by atoms with E-state index in [4.69, 9.17) is 16.1 Å². The average Bonchev–Trinajstić information content (AvgIpc) is 3.24. The molecule has 2 aromatic rings. The van der Waals surface area contributed by atoms with Crippen LogP contribution >= 0.6 is 22.9 Å². The van der Waals surface area contributed by atoms with Gasteiger partial charge in [-0.25, -0.2) is 0 Å². The first-order valence-electron chi connectivity index (χ1n) is 9.58. The number of aromatic nitrogens is 1. The third-order valence-corrected chi connectivity index (χ3v) is 5.94. The lowest BCUT2D eigenvalue weighted by Gasteiger charge is -2.40. The molecule has 0 saturated carbocycles. The van der Waals surface area contributed by atoms with E-state index in [1.807, 2.05) is 19.9 Å². The summed E-state index contributed by atoms with van der Waals surface area (Å²) in [6, 6.07) is 4.68. The van der Waals surface area contributed by atoms with Crippen LogP contribution < -0.4 is 5.32 Å². The van der Waals surface area contributed by atoms with Crippen molar-refractivity contribution in [3.05, 3.63) is 28.2 Å². The van der Waals surface area contributed by atoms with Crippen LogP contribution in [0.4, 0.5) is 0 Å². The van der Waals surface area contributed by atoms with Crippen molar-refractivity contribution in [3.63, 3.8) is 0 Å². The Morgan fingerprint density at radius 1 is 1.32 bits per heavy atom. The number of thiophene rings is 1. The van der Waals surface area contributed by atoms with Crippen LogP contribution in [-0.2, 0) is 4.79 Å². The summed E-state index contributed by atoms with van der Waals surface area (Å²) in [5, 5.41) is 7.05. The summed E-state index contributed by atoms with van der Waals surface area (Å²) in [5.41, 5.74) is 0.214. The van der Waals surface area contributed by atoms with E-state index in [2.05, 4.69) is 24.3 Å². The number of rotatable bonds is 6. The van der Waals surface area contributed by atoms with Gasteiger partial charge in [-0.3, -0.25) is 9.59 Å². The van der Waals surface area contributed by atoms with E-state index in [0.29, 0.717) is 29.0 Å². The van der Waals surface area contributed by atoms with E-state index < -0.39 is 6.04 Å². The Bertz CT molecular complexity index is 845. The van der Waals surface area contributed by atoms with Gasteiger partial charge in [0.2, 0.25) is 5.91 Å². The number of hydrogen-bond acceptors (Lipinski definition) is 5. The summed E-state index contributed by atoms with van der Waals surface area (Å²) in [5.74, 6) is 0.848. The molecule has 28 heavy (non-hydrogen) atoms. The summed E-state index contributed by atoms with van der Waals surface area (Å²) < 4.78 is 6.00. The maximum Gasteiger partial charge on any atom is 0.276 e. The quantitative estimate of drug-likeness (QED) is 0.744. The monoisotopic (exact) mass is 423 g/mol. The highest BCUT2D eigenvalue weighted by Crippen LogP contribution is 2.32. The second kappa shape index (κ2) is 8.66. The van der Waals surface area contributed by atoms with Crippen molar-refractivity contribution >= 4 is 34.8 Å². The van der Waals surface area contributed by atoms with E-state index in [1.54, 1.807) is 17.0 Å². The van der Waals surface area contributed by atoms with Crippen LogP contribution in [0.1, 0.15) is 51.0 Å². The molecule has 0 aromatic carbocycles. The standard InChI is InChI=1S/C20H26ClN3O3S/c1-11(2)7-13-10-24(15(8-12(3)4)19(25)22-13)20(26)14-9-16(27-23-14)17-5-6-18(21)28-17/h5-6,9,11-13,15H,7-8,10H2,1-4H3,(H,22,25)/t13-,15-/m0/s1. The van der Waals surface area contributed by atoms with Gasteiger partial charge in [0.1, 0.15) is 6.04 Å². The van der Waals surface area contributed by atoms with Gasteiger partial charge >= 0.3 is 0 Å². The van der Waals surface area contributed by atoms with Crippen molar-refractivity contribution < 1.29 is 14.1 Å². The highest BCUT2D eigenvalue weighted by molar-refractivity contribution is 7.19. The van der Waals surface area contributed by atoms with Crippen LogP contribution in [0.2, 0.25) is 4.34 Å². The number of nitrogens with one attached hydrogen (secondary N) is 1. The van der Waals surface area contributed by atoms with Crippen LogP contribution in [-0.4, -0.2) is 40.5 Å². The van der Waals surface area contributed by atoms with Crippen LogP contribution in [0.5, 0.6) is 0 Å². The molecule has 2 amide bonds. The first-order valence-corrected chi connectivity index (χ1v) is 10.8. The molecule has 2 aromatic heterocycles. The number of carbonyl (C=O) groups excluding carboxylic acids is 2. The SMILES string of the molecule is CC(C)C[C@H]1CN(C(=O)c2cc(-c3ccc(Cl)s3)on2)[C@@H](CC(C)C)C(=O)N1. The lowest BCUT2D eigenvalue weighted by molar-refractivity contribution is -0.130. The molecule has 8 heteroatoms. The minimum absolute atomic E-state index is 0.0534. The molecule has 0 bridgehead atoms. The van der Waals surface area contributed by atoms with Gasteiger partial charge in [0.05, 0.1) is 9.21 Å². The molecule has 0 radical (unpaired) electrons. The summed E-state index contributed by atoms with van der Waals surface area (Å²) in [6.45, 7) is 8.78. The number of amides is 2. The van der Waals surface area contributed by atoms with Crippen molar-refractivity contribution in [1.82, 2.24) is 15.4 Å². The number of carbonyl (C=O) groups is 2. The predicted octanol–water partition coefficient (Wildman–Crippen LogP) is 4.46. The molecule has 1 N–H and O–H groups in total. The summed E-state index contributed by atoms with van der Waals surface area (Å²) >= 11 is 7.34. The molecule has 1 aliphatic rings. The van der Waals surface area contributed by atoms with Crippen molar-refractivity contribution in [1.29, 1.82) is 0 Å². The molecule has 152 valence electrons. The summed E-state index contributed by atoms with van der Waals surface area (Å²) in [6.07, 6.45) is 1.43. The van der Waals surface area contributed by atoms with Crippen molar-refractivity contribution in [2.75, 3.05) is 6.54 Å². The predicted molar refractivity (Wildman–Crippen MR) is 110 cm³/mol. The highest BCUT2D eigenvalue weighted by Gasteiger charge is 2.39. The van der Waals surface area contributed by atoms with Gasteiger partial charge in [-0.2, -0.15) is 0 Å². The maximum absolute atomic E-state index is 13.2. The molecule has 6 nitrogen and oxygen atoms in total. The maximum atomic E-state index is 13.2. The molecule has 2 atom stereocenters. The first kappa shape index (κ1) is 20.9. The minimum atomic E-state index is -0.493. The smallest absolute Gasteiger partial charge is 0.276 e. The Kier molecular flexibility index (Phi) is 6.45. The van der Waals surface area contributed by atoms with Crippen molar-refractivity contribution in [3.8, 4) is 10.6 Å². The van der Waals surface area contributed by atoms with E-state index in [0.717, 1.165) is 11.3 Å². The van der Waals surface area contributed by atoms with Crippen LogP contribution in [0, 0.1) is 11.8 Å². The van der Waals surface area contributed by atoms with Crippen LogP contribution in [0.3, 0.4) is 0 Å². The Hall–Kier alpha value is -1.86. The van der Waals surface area contributed by atoms with Gasteiger partial charge in [0, 0.05) is 18.7 Å². The molecule has 0 aliphatic carbocycles. The Balaban J connectivity index is 1.84. The molecule has 3 rings (SSSR count). The van der Waals surface area contributed by atoms with Gasteiger partial charge in [-0.1, -0.05) is 44.5 Å². The molecule has 1 fully saturated rings. The number of piperazine rings is 1. The topological polar surface area (TPSA) is 75.4 Å². The number of halogens is 1. The molecule has 1 aliphatic heterocycles. The van der Waals surface area contributed by atoms with Gasteiger partial charge in [0.15, 0.2) is 11.5 Å². The molecule has 0 unspecified atom stereocenters. The lowest BCUT2D eigenvalue weighted by atomic mass is 9.94. The van der Waals surface area contributed by atoms with E-state index >= 15 is 0 Å². The summed E-state index contributed by atoms with van der Waals surface area (Å²) in [7, 11) is 0. The van der Waals surface area contributed by atoms with E-state index in [-0.39, 0.29) is 29.5 Å². The zero-order valence-electron chi connectivity index (χ0n) is 16.6. The molecule has 1 saturated heterocycles. The molecular weight excluding hydrogens is 398 g/mol. The Labute approximate surface area is 174 Å². The molecule has 0 spiro atoms. The zero-order valence-corrected chi connectivity index (χ0v) is 18.1. The van der Waals surface area contributed by atoms with Gasteiger partial charge in [-0.15, -0.1) is 11.3 Å². The van der Waals surface area contributed by atoms with Crippen molar-refractivity contribution in [2.45, 2.75) is 52.6 Å². The van der Waals surface area contributed by atoms with Crippen molar-refractivity contribution in [2.24, 2.45) is 11.8 Å². The fourth-order valence-electron chi connectivity index (χ4n) is 3.54. The normalized spacial score (nSPS) is 20.1. The fraction of sp³-hybridized carbons (Fsp3) is 0.550. The summed E-state index contributed by atoms with van der Waals surface area (Å²) in [4.78, 5) is 28.4. The first-order chi connectivity index (χ1) is 13.2. The number of hydrogen-bond donors (Lipinski definition) is 1. The highest BCUT2D eigenvalue weighted by atomic mass is 35.5. The van der Waals surface area contributed by atoms with Gasteiger partial charge in [-0.05, 0) is 36.8 Å². The Morgan fingerprint density at radius 3 is 2.64 bits per heavy atom. The van der Waals surface area contributed by atoms with Crippen LogP contribution in [0.15, 0.2) is 22.7 Å². The third kappa shape index (κ3) is 4.75.